The first kappa shape index (κ1) is 36.4. The van der Waals surface area contributed by atoms with Gasteiger partial charge in [0.15, 0.2) is 0 Å². The zero-order valence-corrected chi connectivity index (χ0v) is 30.8. The van der Waals surface area contributed by atoms with Gasteiger partial charge in [-0.3, -0.25) is 14.5 Å². The highest BCUT2D eigenvalue weighted by molar-refractivity contribution is 7.90. The molecule has 6 rings (SSSR count). The second-order valence-electron chi connectivity index (χ2n) is 14.6. The molecule has 2 aromatic carbocycles. The SMILES string of the molecule is CC1(C)C(Oc2ccc(C#N)c(Cl)c2)C(C)(C)C1N1C(=O)c2ccc(OCCCCCN3CCN(c4ccc(C(N)=O)cn4)CC3)cc2S1(=O)=O. The Morgan fingerprint density at radius 3 is 2.33 bits per heavy atom. The first-order chi connectivity index (χ1) is 24.2. The summed E-state index contributed by atoms with van der Waals surface area (Å²) in [5.41, 5.74) is 4.70. The number of fused-ring (bicyclic) bond motifs is 1. The van der Waals surface area contributed by atoms with Gasteiger partial charge in [-0.1, -0.05) is 39.3 Å². The summed E-state index contributed by atoms with van der Waals surface area (Å²) in [6, 6.07) is 14.4. The largest absolute Gasteiger partial charge is 0.494 e. The number of rotatable bonds is 12. The molecule has 2 aliphatic heterocycles. The minimum Gasteiger partial charge on any atom is -0.494 e. The molecule has 0 atom stereocenters. The number of hydrogen-bond donors (Lipinski definition) is 1. The smallest absolute Gasteiger partial charge is 0.269 e. The van der Waals surface area contributed by atoms with Gasteiger partial charge in [-0.2, -0.15) is 5.26 Å². The number of carbonyl (C=O) groups is 2. The summed E-state index contributed by atoms with van der Waals surface area (Å²) in [4.78, 5) is 33.9. The van der Waals surface area contributed by atoms with Crippen LogP contribution in [-0.2, 0) is 10.0 Å². The molecule has 3 aromatic rings. The number of aromatic nitrogens is 1. The predicted molar refractivity (Wildman–Crippen MR) is 192 cm³/mol. The number of benzene rings is 2. The number of nitrogens with zero attached hydrogens (tertiary/aromatic N) is 5. The molecule has 1 aromatic heterocycles. The van der Waals surface area contributed by atoms with E-state index in [2.05, 4.69) is 14.8 Å². The van der Waals surface area contributed by atoms with Crippen molar-refractivity contribution >= 4 is 39.3 Å². The molecule has 14 heteroatoms. The summed E-state index contributed by atoms with van der Waals surface area (Å²) < 4.78 is 41.3. The molecule has 1 saturated heterocycles. The van der Waals surface area contributed by atoms with Crippen LogP contribution in [0.1, 0.15) is 73.2 Å². The van der Waals surface area contributed by atoms with Gasteiger partial charge in [0, 0.05) is 55.3 Å². The molecule has 270 valence electrons. The lowest BCUT2D eigenvalue weighted by Gasteiger charge is -2.64. The van der Waals surface area contributed by atoms with Gasteiger partial charge in [0.05, 0.1) is 34.4 Å². The molecule has 0 spiro atoms. The number of anilines is 1. The topological polar surface area (TPSA) is 159 Å². The average Bonchev–Trinajstić information content (AvgIpc) is 3.28. The number of amides is 2. The van der Waals surface area contributed by atoms with Gasteiger partial charge in [0.1, 0.15) is 34.4 Å². The van der Waals surface area contributed by atoms with Crippen molar-refractivity contribution in [2.24, 2.45) is 16.6 Å². The third-order valence-corrected chi connectivity index (χ3v) is 12.4. The van der Waals surface area contributed by atoms with Crippen molar-refractivity contribution < 1.29 is 27.5 Å². The van der Waals surface area contributed by atoms with Crippen LogP contribution in [0.2, 0.25) is 5.02 Å². The third kappa shape index (κ3) is 6.84. The van der Waals surface area contributed by atoms with Crippen molar-refractivity contribution in [2.75, 3.05) is 44.2 Å². The van der Waals surface area contributed by atoms with Crippen LogP contribution in [0, 0.1) is 22.2 Å². The lowest BCUT2D eigenvalue weighted by atomic mass is 9.49. The van der Waals surface area contributed by atoms with E-state index in [-0.39, 0.29) is 15.5 Å². The number of nitriles is 1. The van der Waals surface area contributed by atoms with Crippen molar-refractivity contribution in [1.29, 1.82) is 5.26 Å². The molecule has 0 radical (unpaired) electrons. The highest BCUT2D eigenvalue weighted by atomic mass is 35.5. The Hall–Kier alpha value is -4.38. The number of ether oxygens (including phenoxy) is 2. The molecule has 3 aliphatic rings. The number of carbonyl (C=O) groups excluding carboxylic acids is 2. The van der Waals surface area contributed by atoms with E-state index in [0.29, 0.717) is 29.2 Å². The maximum atomic E-state index is 14.0. The molecule has 0 unspecified atom stereocenters. The Balaban J connectivity index is 0.993. The summed E-state index contributed by atoms with van der Waals surface area (Å²) in [5, 5.41) is 9.48. The third-order valence-electron chi connectivity index (χ3n) is 10.3. The molecule has 51 heavy (non-hydrogen) atoms. The number of primary amides is 1. The standard InChI is InChI=1S/C37H43ClN6O6S/c1-36(2)34(37(3,4)35(36)50-27-10-8-24(22-39)29(38)20-27)44-33(46)28-12-11-26(21-30(28)51(44,47)48)49-19-7-5-6-14-42-15-17-43(18-16-42)31-13-9-25(23-41-31)32(40)45/h8-13,20-21,23,34-35H,5-7,14-19H2,1-4H3,(H2,40,45). The van der Waals surface area contributed by atoms with Crippen LogP contribution in [-0.4, -0.2) is 85.9 Å². The summed E-state index contributed by atoms with van der Waals surface area (Å²) in [7, 11) is -4.15. The Morgan fingerprint density at radius 2 is 1.71 bits per heavy atom. The van der Waals surface area contributed by atoms with E-state index in [0.717, 1.165) is 62.1 Å². The van der Waals surface area contributed by atoms with Crippen molar-refractivity contribution in [3.05, 3.63) is 76.4 Å². The molecule has 2 fully saturated rings. The van der Waals surface area contributed by atoms with E-state index < -0.39 is 44.8 Å². The molecule has 1 aliphatic carbocycles. The number of piperazine rings is 1. The van der Waals surface area contributed by atoms with Gasteiger partial charge in [-0.15, -0.1) is 0 Å². The van der Waals surface area contributed by atoms with Crippen LogP contribution >= 0.6 is 11.6 Å². The van der Waals surface area contributed by atoms with Crippen molar-refractivity contribution in [3.63, 3.8) is 0 Å². The van der Waals surface area contributed by atoms with E-state index in [1.54, 1.807) is 30.3 Å². The molecule has 0 bridgehead atoms. The van der Waals surface area contributed by atoms with Crippen LogP contribution in [0.4, 0.5) is 5.82 Å². The number of sulfonamides is 1. The molecular weight excluding hydrogens is 692 g/mol. The van der Waals surface area contributed by atoms with Crippen LogP contribution in [0.3, 0.4) is 0 Å². The van der Waals surface area contributed by atoms with E-state index in [4.69, 9.17) is 26.8 Å². The molecule has 1 saturated carbocycles. The molecule has 3 heterocycles. The zero-order chi connectivity index (χ0) is 36.7. The minimum absolute atomic E-state index is 0.0435. The Bertz CT molecular complexity index is 1960. The van der Waals surface area contributed by atoms with Gasteiger partial charge in [0.2, 0.25) is 5.91 Å². The number of nitrogens with two attached hydrogens (primary N) is 1. The van der Waals surface area contributed by atoms with Crippen LogP contribution in [0.15, 0.2) is 59.6 Å². The van der Waals surface area contributed by atoms with Crippen LogP contribution < -0.4 is 20.1 Å². The predicted octanol–water partition coefficient (Wildman–Crippen LogP) is 5.10. The Kier molecular flexibility index (Phi) is 9.98. The van der Waals surface area contributed by atoms with Crippen molar-refractivity contribution in [2.45, 2.75) is 64.0 Å². The minimum atomic E-state index is -4.15. The highest BCUT2D eigenvalue weighted by Gasteiger charge is 2.69. The van der Waals surface area contributed by atoms with E-state index in [9.17, 15) is 23.3 Å². The van der Waals surface area contributed by atoms with Gasteiger partial charge >= 0.3 is 0 Å². The van der Waals surface area contributed by atoms with Gasteiger partial charge in [-0.05, 0) is 62.2 Å². The molecular formula is C37H43ClN6O6S. The number of halogens is 1. The first-order valence-corrected chi connectivity index (χ1v) is 18.9. The maximum absolute atomic E-state index is 14.0. The fourth-order valence-corrected chi connectivity index (χ4v) is 10.4. The van der Waals surface area contributed by atoms with Gasteiger partial charge in [0.25, 0.3) is 15.9 Å². The van der Waals surface area contributed by atoms with Crippen molar-refractivity contribution in [1.82, 2.24) is 14.2 Å². The summed E-state index contributed by atoms with van der Waals surface area (Å²) in [6.07, 6.45) is 3.84. The van der Waals surface area contributed by atoms with Gasteiger partial charge < -0.3 is 20.1 Å². The normalized spacial score (nSPS) is 21.8. The Morgan fingerprint density at radius 1 is 1.00 bits per heavy atom. The van der Waals surface area contributed by atoms with Crippen LogP contribution in [0.25, 0.3) is 0 Å². The highest BCUT2D eigenvalue weighted by Crippen LogP contribution is 2.60. The number of unbranched alkanes of at least 4 members (excludes halogenated alkanes) is 2. The molecule has 2 N–H and O–H groups in total. The first-order valence-electron chi connectivity index (χ1n) is 17.1. The lowest BCUT2D eigenvalue weighted by molar-refractivity contribution is -0.183. The average molecular weight is 735 g/mol. The summed E-state index contributed by atoms with van der Waals surface area (Å²) in [6.45, 7) is 12.5. The Labute approximate surface area is 304 Å². The number of pyridine rings is 1. The van der Waals surface area contributed by atoms with E-state index in [1.807, 2.05) is 39.8 Å². The van der Waals surface area contributed by atoms with E-state index in [1.165, 1.54) is 18.3 Å². The fourth-order valence-electron chi connectivity index (χ4n) is 8.11. The van der Waals surface area contributed by atoms with Crippen LogP contribution in [0.5, 0.6) is 11.5 Å². The van der Waals surface area contributed by atoms with E-state index >= 15 is 0 Å². The lowest BCUT2D eigenvalue weighted by Crippen LogP contribution is -2.75. The molecule has 2 amide bonds. The van der Waals surface area contributed by atoms with Gasteiger partial charge in [-0.25, -0.2) is 17.7 Å². The summed E-state index contributed by atoms with van der Waals surface area (Å²) >= 11 is 6.22. The molecule has 12 nitrogen and oxygen atoms in total. The quantitative estimate of drug-likeness (QED) is 0.248. The summed E-state index contributed by atoms with van der Waals surface area (Å²) in [5.74, 6) is 0.675. The monoisotopic (exact) mass is 734 g/mol. The van der Waals surface area contributed by atoms with Crippen molar-refractivity contribution in [3.8, 4) is 17.6 Å². The second kappa shape index (κ2) is 14.0. The maximum Gasteiger partial charge on any atom is 0.269 e. The zero-order valence-electron chi connectivity index (χ0n) is 29.3. The fraction of sp³-hybridized carbons (Fsp3) is 0.459. The second-order valence-corrected chi connectivity index (χ2v) is 16.8. The number of hydrogen-bond acceptors (Lipinski definition) is 10.